The van der Waals surface area contributed by atoms with Gasteiger partial charge in [-0.1, -0.05) is 30.3 Å². The highest BCUT2D eigenvalue weighted by Gasteiger charge is 2.18. The summed E-state index contributed by atoms with van der Waals surface area (Å²) >= 11 is 0. The molecule has 156 valence electrons. The molecule has 30 heavy (non-hydrogen) atoms. The summed E-state index contributed by atoms with van der Waals surface area (Å²) in [5, 5.41) is 5.27. The Hall–Kier alpha value is -3.68. The largest absolute Gasteiger partial charge is 0.481 e. The number of aryl methyl sites for hydroxylation is 2. The number of rotatable bonds is 5. The van der Waals surface area contributed by atoms with Gasteiger partial charge in [0.25, 0.3) is 11.5 Å². The lowest BCUT2D eigenvalue weighted by atomic mass is 10.1. The van der Waals surface area contributed by atoms with Gasteiger partial charge in [-0.25, -0.2) is 4.68 Å². The average Bonchev–Trinajstić information content (AvgIpc) is 2.73. The van der Waals surface area contributed by atoms with E-state index in [0.717, 1.165) is 11.1 Å². The summed E-state index contributed by atoms with van der Waals surface area (Å²) in [5.41, 5.74) is 6.97. The standard InChI is InChI=1S/C22H24N4O4/c1-13-8-7-11-19(14(13)2)30-15(3)21(28)24-23-20(27)12-18-16-9-5-6-10-17(16)22(29)26(4)25-18/h5-11,15H,12H2,1-4H3,(H,23,27)(H,24,28)/t15-/m0/s1. The number of fused-ring (bicyclic) bond motifs is 1. The fourth-order valence-corrected chi connectivity index (χ4v) is 3.03. The van der Waals surface area contributed by atoms with Crippen LogP contribution < -0.4 is 21.1 Å². The molecule has 0 saturated carbocycles. The Morgan fingerprint density at radius 1 is 1.07 bits per heavy atom. The molecule has 2 amide bonds. The van der Waals surface area contributed by atoms with E-state index < -0.39 is 17.9 Å². The molecule has 0 aliphatic carbocycles. The van der Waals surface area contributed by atoms with Crippen LogP contribution in [0.4, 0.5) is 0 Å². The number of carbonyl (C=O) groups excluding carboxylic acids is 2. The van der Waals surface area contributed by atoms with Gasteiger partial charge in [-0.2, -0.15) is 5.10 Å². The molecule has 1 aromatic heterocycles. The molecule has 3 rings (SSSR count). The van der Waals surface area contributed by atoms with E-state index in [1.54, 1.807) is 37.3 Å². The molecular weight excluding hydrogens is 384 g/mol. The van der Waals surface area contributed by atoms with Crippen molar-refractivity contribution in [3.8, 4) is 5.75 Å². The Morgan fingerprint density at radius 2 is 1.77 bits per heavy atom. The summed E-state index contributed by atoms with van der Waals surface area (Å²) in [6.45, 7) is 5.48. The first-order chi connectivity index (χ1) is 14.3. The van der Waals surface area contributed by atoms with Crippen LogP contribution in [0.15, 0.2) is 47.3 Å². The van der Waals surface area contributed by atoms with Crippen molar-refractivity contribution in [3.05, 3.63) is 69.6 Å². The molecule has 0 unspecified atom stereocenters. The molecule has 0 saturated heterocycles. The lowest BCUT2D eigenvalue weighted by Crippen LogP contribution is -2.47. The summed E-state index contributed by atoms with van der Waals surface area (Å²) in [7, 11) is 1.53. The first-order valence-corrected chi connectivity index (χ1v) is 9.54. The molecule has 0 bridgehead atoms. The molecule has 0 radical (unpaired) electrons. The summed E-state index contributed by atoms with van der Waals surface area (Å²) in [4.78, 5) is 36.8. The van der Waals surface area contributed by atoms with E-state index in [-0.39, 0.29) is 12.0 Å². The minimum absolute atomic E-state index is 0.0961. The Labute approximate surface area is 173 Å². The first-order valence-electron chi connectivity index (χ1n) is 9.54. The Morgan fingerprint density at radius 3 is 2.50 bits per heavy atom. The first kappa shape index (κ1) is 21.0. The van der Waals surface area contributed by atoms with E-state index >= 15 is 0 Å². The van der Waals surface area contributed by atoms with Crippen LogP contribution in [0.25, 0.3) is 10.8 Å². The van der Waals surface area contributed by atoms with Gasteiger partial charge in [0.1, 0.15) is 5.75 Å². The highest BCUT2D eigenvalue weighted by molar-refractivity contribution is 5.89. The molecule has 0 fully saturated rings. The minimum atomic E-state index is -0.803. The monoisotopic (exact) mass is 408 g/mol. The van der Waals surface area contributed by atoms with Crippen molar-refractivity contribution in [3.63, 3.8) is 0 Å². The van der Waals surface area contributed by atoms with Gasteiger partial charge >= 0.3 is 0 Å². The molecule has 8 heteroatoms. The molecular formula is C22H24N4O4. The quantitative estimate of drug-likeness (QED) is 0.626. The normalized spacial score (nSPS) is 11.7. The highest BCUT2D eigenvalue weighted by Crippen LogP contribution is 2.21. The summed E-state index contributed by atoms with van der Waals surface area (Å²) in [6.07, 6.45) is -0.900. The van der Waals surface area contributed by atoms with Crippen LogP contribution in [0.2, 0.25) is 0 Å². The Balaban J connectivity index is 1.63. The fraction of sp³-hybridized carbons (Fsp3) is 0.273. The van der Waals surface area contributed by atoms with Gasteiger partial charge < -0.3 is 4.74 Å². The second kappa shape index (κ2) is 8.77. The second-order valence-corrected chi connectivity index (χ2v) is 7.09. The number of benzene rings is 2. The van der Waals surface area contributed by atoms with Crippen LogP contribution in [0.5, 0.6) is 5.75 Å². The summed E-state index contributed by atoms with van der Waals surface area (Å²) in [5.74, 6) is -0.328. The van der Waals surface area contributed by atoms with E-state index in [9.17, 15) is 14.4 Å². The Bertz CT molecular complexity index is 1170. The molecule has 3 aromatic rings. The van der Waals surface area contributed by atoms with Gasteiger partial charge in [0, 0.05) is 12.4 Å². The highest BCUT2D eigenvalue weighted by atomic mass is 16.5. The number of amides is 2. The molecule has 0 aliphatic heterocycles. The van der Waals surface area contributed by atoms with Gasteiger partial charge in [0.2, 0.25) is 5.91 Å². The number of hydrazine groups is 1. The predicted molar refractivity (Wildman–Crippen MR) is 113 cm³/mol. The van der Waals surface area contributed by atoms with Crippen molar-refractivity contribution in [2.45, 2.75) is 33.3 Å². The smallest absolute Gasteiger partial charge is 0.279 e. The number of aromatic nitrogens is 2. The van der Waals surface area contributed by atoms with Crippen LogP contribution in [-0.2, 0) is 23.1 Å². The number of hydrogen-bond donors (Lipinski definition) is 2. The van der Waals surface area contributed by atoms with E-state index in [4.69, 9.17) is 4.74 Å². The second-order valence-electron chi connectivity index (χ2n) is 7.09. The van der Waals surface area contributed by atoms with Crippen molar-refractivity contribution < 1.29 is 14.3 Å². The van der Waals surface area contributed by atoms with E-state index in [1.165, 1.54) is 11.7 Å². The molecule has 0 spiro atoms. The zero-order chi connectivity index (χ0) is 21.8. The van der Waals surface area contributed by atoms with Gasteiger partial charge in [0.05, 0.1) is 17.5 Å². The molecule has 0 aliphatic rings. The lowest BCUT2D eigenvalue weighted by Gasteiger charge is -2.17. The number of ether oxygens (including phenoxy) is 1. The van der Waals surface area contributed by atoms with E-state index in [0.29, 0.717) is 22.2 Å². The topological polar surface area (TPSA) is 102 Å². The third kappa shape index (κ3) is 4.48. The zero-order valence-electron chi connectivity index (χ0n) is 17.4. The maximum Gasteiger partial charge on any atom is 0.279 e. The zero-order valence-corrected chi connectivity index (χ0v) is 17.4. The van der Waals surface area contributed by atoms with Crippen LogP contribution in [0.1, 0.15) is 23.7 Å². The number of hydrogen-bond acceptors (Lipinski definition) is 5. The Kier molecular flexibility index (Phi) is 6.15. The van der Waals surface area contributed by atoms with Crippen molar-refractivity contribution in [1.29, 1.82) is 0 Å². The van der Waals surface area contributed by atoms with Crippen LogP contribution in [-0.4, -0.2) is 27.7 Å². The SMILES string of the molecule is Cc1cccc(O[C@@H](C)C(=O)NNC(=O)Cc2nn(C)c(=O)c3ccccc23)c1C. The molecule has 8 nitrogen and oxygen atoms in total. The van der Waals surface area contributed by atoms with Crippen LogP contribution >= 0.6 is 0 Å². The van der Waals surface area contributed by atoms with Gasteiger partial charge in [0.15, 0.2) is 6.10 Å². The number of nitrogens with one attached hydrogen (secondary N) is 2. The minimum Gasteiger partial charge on any atom is -0.481 e. The van der Waals surface area contributed by atoms with Crippen molar-refractivity contribution in [1.82, 2.24) is 20.6 Å². The third-order valence-corrected chi connectivity index (χ3v) is 4.91. The molecule has 1 heterocycles. The van der Waals surface area contributed by atoms with Crippen LogP contribution in [0, 0.1) is 13.8 Å². The summed E-state index contributed by atoms with van der Waals surface area (Å²) in [6, 6.07) is 12.6. The molecule has 2 aromatic carbocycles. The summed E-state index contributed by atoms with van der Waals surface area (Å²) < 4.78 is 6.91. The van der Waals surface area contributed by atoms with Gasteiger partial charge in [-0.05, 0) is 44.0 Å². The molecule has 2 N–H and O–H groups in total. The van der Waals surface area contributed by atoms with E-state index in [1.807, 2.05) is 26.0 Å². The maximum absolute atomic E-state index is 12.3. The number of carbonyl (C=O) groups is 2. The van der Waals surface area contributed by atoms with E-state index in [2.05, 4.69) is 16.0 Å². The van der Waals surface area contributed by atoms with Gasteiger partial charge in [-0.15, -0.1) is 0 Å². The lowest BCUT2D eigenvalue weighted by molar-refractivity contribution is -0.132. The van der Waals surface area contributed by atoms with Crippen LogP contribution in [0.3, 0.4) is 0 Å². The fourth-order valence-electron chi connectivity index (χ4n) is 3.03. The maximum atomic E-state index is 12.3. The average molecular weight is 408 g/mol. The van der Waals surface area contributed by atoms with Gasteiger partial charge in [-0.3, -0.25) is 25.2 Å². The van der Waals surface area contributed by atoms with Crippen molar-refractivity contribution in [2.75, 3.05) is 0 Å². The molecule has 1 atom stereocenters. The predicted octanol–water partition coefficient (Wildman–Crippen LogP) is 1.71. The van der Waals surface area contributed by atoms with Crippen molar-refractivity contribution in [2.24, 2.45) is 7.05 Å². The third-order valence-electron chi connectivity index (χ3n) is 4.91. The number of nitrogens with zero attached hydrogens (tertiary/aromatic N) is 2. The van der Waals surface area contributed by atoms with Crippen molar-refractivity contribution >= 4 is 22.6 Å².